The molecule has 0 aromatic heterocycles. The second-order valence-corrected chi connectivity index (χ2v) is 4.73. The molecule has 0 aromatic rings. The monoisotopic (exact) mass is 251 g/mol. The molecule has 101 valence electrons. The number of nitrogens with one attached hydrogen (secondary N) is 6. The molecule has 18 heavy (non-hydrogen) atoms. The summed E-state index contributed by atoms with van der Waals surface area (Å²) in [6.45, 7) is 9.54. The fourth-order valence-corrected chi connectivity index (χ4v) is 1.76. The van der Waals surface area contributed by atoms with Crippen LogP contribution in [0, 0.1) is 0 Å². The van der Waals surface area contributed by atoms with Gasteiger partial charge in [0.05, 0.1) is 0 Å². The Morgan fingerprint density at radius 2 is 1.72 bits per heavy atom. The lowest BCUT2D eigenvalue weighted by Gasteiger charge is -2.29. The van der Waals surface area contributed by atoms with Gasteiger partial charge in [0.15, 0.2) is 0 Å². The van der Waals surface area contributed by atoms with E-state index >= 15 is 0 Å². The fraction of sp³-hybridized carbons (Fsp3) is 1.00. The number of hydrogen-bond donors (Lipinski definition) is 6. The van der Waals surface area contributed by atoms with Crippen molar-refractivity contribution in [2.24, 2.45) is 0 Å². The zero-order valence-corrected chi connectivity index (χ0v) is 11.8. The van der Waals surface area contributed by atoms with Crippen LogP contribution in [0.4, 0.5) is 0 Å². The van der Waals surface area contributed by atoms with Gasteiger partial charge >= 0.3 is 14.2 Å². The smallest absolute Gasteiger partial charge is 0.360 e. The van der Waals surface area contributed by atoms with Crippen molar-refractivity contribution < 1.29 is 0 Å². The largest absolute Gasteiger partial charge is 0.375 e. The van der Waals surface area contributed by atoms with E-state index in [0.29, 0.717) is 6.04 Å². The van der Waals surface area contributed by atoms with E-state index in [4.69, 9.17) is 0 Å². The van der Waals surface area contributed by atoms with Crippen molar-refractivity contribution in [1.82, 2.24) is 31.2 Å². The van der Waals surface area contributed by atoms with Gasteiger partial charge in [-0.05, 0) is 32.9 Å². The Labute approximate surface area is 113 Å². The highest BCUT2D eigenvalue weighted by atomic mass is 15.2. The highest BCUT2D eigenvalue weighted by molar-refractivity contribution is 6.79. The minimum absolute atomic E-state index is 0.103. The summed E-state index contributed by atoms with van der Waals surface area (Å²) < 4.78 is 0. The van der Waals surface area contributed by atoms with Crippen LogP contribution in [-0.4, -0.2) is 47.5 Å². The first kappa shape index (κ1) is 16.0. The van der Waals surface area contributed by atoms with Crippen LogP contribution in [0.1, 0.15) is 33.6 Å². The molecule has 0 saturated carbocycles. The van der Waals surface area contributed by atoms with Gasteiger partial charge in [0.2, 0.25) is 0 Å². The van der Waals surface area contributed by atoms with Gasteiger partial charge in [-0.15, -0.1) is 0 Å². The van der Waals surface area contributed by atoms with E-state index in [1.807, 2.05) is 7.55 Å². The Balaban J connectivity index is 2.13. The molecule has 1 aliphatic rings. The van der Waals surface area contributed by atoms with Crippen molar-refractivity contribution in [3.63, 3.8) is 0 Å². The Morgan fingerprint density at radius 3 is 2.39 bits per heavy atom. The minimum atomic E-state index is 0.103. The molecule has 1 fully saturated rings. The lowest BCUT2D eigenvalue weighted by molar-refractivity contribution is 0.536. The lowest BCUT2D eigenvalue weighted by atomic mass is 9.69. The van der Waals surface area contributed by atoms with E-state index in [1.165, 1.54) is 6.42 Å². The molecule has 1 atom stereocenters. The van der Waals surface area contributed by atoms with Crippen molar-refractivity contribution in [2.45, 2.75) is 39.7 Å². The first-order valence-electron chi connectivity index (χ1n) is 7.06. The predicted octanol–water partition coefficient (Wildman–Crippen LogP) is -1.75. The van der Waals surface area contributed by atoms with E-state index in [0.717, 1.165) is 26.1 Å². The molecule has 1 saturated heterocycles. The predicted molar refractivity (Wildman–Crippen MR) is 80.7 cm³/mol. The average molecular weight is 251 g/mol. The molecule has 0 spiro atoms. The second-order valence-electron chi connectivity index (χ2n) is 4.73. The first-order chi connectivity index (χ1) is 8.76. The van der Waals surface area contributed by atoms with Crippen LogP contribution in [0.25, 0.3) is 0 Å². The molecule has 1 radical (unpaired) electrons. The van der Waals surface area contributed by atoms with Crippen LogP contribution in [0.5, 0.6) is 0 Å². The van der Waals surface area contributed by atoms with Crippen LogP contribution in [0.2, 0.25) is 0 Å². The van der Waals surface area contributed by atoms with E-state index in [2.05, 4.69) is 52.0 Å². The van der Waals surface area contributed by atoms with Crippen LogP contribution in [-0.2, 0) is 0 Å². The maximum Gasteiger partial charge on any atom is 0.375 e. The minimum Gasteiger partial charge on any atom is -0.360 e. The van der Waals surface area contributed by atoms with Crippen molar-refractivity contribution in [3.8, 4) is 0 Å². The zero-order chi connectivity index (χ0) is 13.2. The Kier molecular flexibility index (Phi) is 8.74. The van der Waals surface area contributed by atoms with Crippen molar-refractivity contribution in [2.75, 3.05) is 19.6 Å². The summed E-state index contributed by atoms with van der Waals surface area (Å²) in [5.41, 5.74) is 0. The third kappa shape index (κ3) is 6.77. The fourth-order valence-electron chi connectivity index (χ4n) is 1.76. The molecule has 1 heterocycles. The van der Waals surface area contributed by atoms with Crippen LogP contribution in [0.3, 0.4) is 0 Å². The molecule has 1 unspecified atom stereocenters. The first-order valence-corrected chi connectivity index (χ1v) is 7.06. The summed E-state index contributed by atoms with van der Waals surface area (Å²) in [4.78, 5) is 0. The van der Waals surface area contributed by atoms with Gasteiger partial charge in [-0.3, -0.25) is 0 Å². The molecule has 9 heteroatoms. The molecule has 6 nitrogen and oxygen atoms in total. The highest BCUT2D eigenvalue weighted by Gasteiger charge is 2.27. The van der Waals surface area contributed by atoms with Gasteiger partial charge in [-0.25, -0.2) is 0 Å². The van der Waals surface area contributed by atoms with Crippen molar-refractivity contribution in [1.29, 1.82) is 0 Å². The van der Waals surface area contributed by atoms with Crippen molar-refractivity contribution >= 4 is 21.8 Å². The van der Waals surface area contributed by atoms with Crippen molar-refractivity contribution in [3.05, 3.63) is 0 Å². The molecule has 6 N–H and O–H groups in total. The normalized spacial score (nSPS) is 17.7. The zero-order valence-electron chi connectivity index (χ0n) is 11.8. The molecule has 1 rings (SSSR count). The summed E-state index contributed by atoms with van der Waals surface area (Å²) in [5, 5.41) is 20.1. The standard InChI is InChI=1S/C9H26B3N6/c1-4-6-13-9(3)8-15-12-17-10-16-11(18-12)14-7-5-2/h9,13-18H,4-8H2,1-3H3. The van der Waals surface area contributed by atoms with Gasteiger partial charge in [-0.2, -0.15) is 0 Å². The molecular weight excluding hydrogens is 225 g/mol. The Morgan fingerprint density at radius 1 is 1.06 bits per heavy atom. The van der Waals surface area contributed by atoms with Crippen LogP contribution < -0.4 is 31.2 Å². The Bertz CT molecular complexity index is 211. The van der Waals surface area contributed by atoms with E-state index < -0.39 is 0 Å². The summed E-state index contributed by atoms with van der Waals surface area (Å²) in [5.74, 6) is 0. The topological polar surface area (TPSA) is 72.2 Å². The van der Waals surface area contributed by atoms with Crippen LogP contribution >= 0.6 is 0 Å². The lowest BCUT2D eigenvalue weighted by Crippen LogP contribution is -2.78. The maximum atomic E-state index is 3.46. The van der Waals surface area contributed by atoms with Gasteiger partial charge in [-0.1, -0.05) is 13.8 Å². The van der Waals surface area contributed by atoms with Gasteiger partial charge in [0.1, 0.15) is 0 Å². The summed E-state index contributed by atoms with van der Waals surface area (Å²) in [6.07, 6.45) is 2.30. The van der Waals surface area contributed by atoms with Crippen LogP contribution in [0.15, 0.2) is 0 Å². The molecule has 0 aromatic carbocycles. The summed E-state index contributed by atoms with van der Waals surface area (Å²) in [7, 11) is 2.11. The quantitative estimate of drug-likeness (QED) is 0.273. The maximum absolute atomic E-state index is 3.46. The Hall–Kier alpha value is -0.0452. The average Bonchev–Trinajstić information content (AvgIpc) is 2.41. The second kappa shape index (κ2) is 9.83. The summed E-state index contributed by atoms with van der Waals surface area (Å²) in [6, 6.07) is 0.477. The van der Waals surface area contributed by atoms with E-state index in [-0.39, 0.29) is 14.2 Å². The number of hydrogen-bond acceptors (Lipinski definition) is 6. The third-order valence-corrected chi connectivity index (χ3v) is 2.80. The third-order valence-electron chi connectivity index (χ3n) is 2.80. The highest BCUT2D eigenvalue weighted by Crippen LogP contribution is 1.82. The SMILES string of the molecule is CCCNB1N[B]NB(NCC(C)NCCC)N1. The number of rotatable bonds is 9. The van der Waals surface area contributed by atoms with Gasteiger partial charge < -0.3 is 31.2 Å². The molecule has 1 aliphatic heterocycles. The molecule has 0 bridgehead atoms. The summed E-state index contributed by atoms with van der Waals surface area (Å²) >= 11 is 0. The van der Waals surface area contributed by atoms with Gasteiger partial charge in [0.25, 0.3) is 7.55 Å². The molecule has 0 aliphatic carbocycles. The molecular formula is C9H26B3N6. The van der Waals surface area contributed by atoms with E-state index in [1.54, 1.807) is 0 Å². The molecule has 0 amide bonds. The van der Waals surface area contributed by atoms with E-state index in [9.17, 15) is 0 Å². The van der Waals surface area contributed by atoms with Gasteiger partial charge in [0, 0.05) is 12.6 Å².